The fraction of sp³-hybridized carbons (Fsp3) is 0.111. The number of carbonyl (C=O) groups is 1. The quantitative estimate of drug-likeness (QED) is 0.736. The number of carbonyl (C=O) groups excluding carboxylic acids is 1. The third kappa shape index (κ3) is 2.15. The number of fused-ring (bicyclic) bond motifs is 2. The first-order chi connectivity index (χ1) is 11.8. The van der Waals surface area contributed by atoms with Gasteiger partial charge in [0.1, 0.15) is 0 Å². The minimum atomic E-state index is -4.52. The van der Waals surface area contributed by atoms with Gasteiger partial charge in [0.15, 0.2) is 5.88 Å². The average molecular weight is 344 g/mol. The Kier molecular flexibility index (Phi) is 3.06. The minimum absolute atomic E-state index is 0.0397. The Labute approximate surface area is 139 Å². The first-order valence-electron chi connectivity index (χ1n) is 7.40. The van der Waals surface area contributed by atoms with Crippen molar-refractivity contribution in [2.45, 2.75) is 6.18 Å². The van der Waals surface area contributed by atoms with Crippen LogP contribution in [-0.4, -0.2) is 15.6 Å². The molecule has 0 atom stereocenters. The number of hydrogen-bond acceptors (Lipinski definition) is 2. The minimum Gasteiger partial charge on any atom is -0.494 e. The van der Waals surface area contributed by atoms with Gasteiger partial charge in [-0.25, -0.2) is 4.99 Å². The molecule has 1 N–H and O–H groups in total. The maximum atomic E-state index is 12.9. The van der Waals surface area contributed by atoms with Crippen molar-refractivity contribution < 1.29 is 23.1 Å². The van der Waals surface area contributed by atoms with Crippen molar-refractivity contribution in [2.24, 2.45) is 12.0 Å². The highest BCUT2D eigenvalue weighted by molar-refractivity contribution is 6.24. The van der Waals surface area contributed by atoms with Crippen molar-refractivity contribution in [1.82, 2.24) is 4.57 Å². The average Bonchev–Trinajstić information content (AvgIpc) is 3.01. The normalized spacial score (nSPS) is 14.1. The van der Waals surface area contributed by atoms with Gasteiger partial charge < -0.3 is 9.67 Å². The molecule has 126 valence electrons. The van der Waals surface area contributed by atoms with Crippen molar-refractivity contribution >= 4 is 22.4 Å². The topological polar surface area (TPSA) is 54.6 Å². The molecule has 0 spiro atoms. The molecule has 0 bridgehead atoms. The van der Waals surface area contributed by atoms with Crippen molar-refractivity contribution in [2.75, 3.05) is 0 Å². The van der Waals surface area contributed by atoms with Crippen molar-refractivity contribution in [3.63, 3.8) is 0 Å². The van der Waals surface area contributed by atoms with Crippen LogP contribution in [0, 0.1) is 0 Å². The highest BCUT2D eigenvalue weighted by Gasteiger charge is 2.32. The van der Waals surface area contributed by atoms with E-state index in [-0.39, 0.29) is 27.6 Å². The van der Waals surface area contributed by atoms with Gasteiger partial charge in [-0.1, -0.05) is 24.3 Å². The van der Waals surface area contributed by atoms with Gasteiger partial charge in [0.05, 0.1) is 27.6 Å². The number of hydrogen-bond donors (Lipinski definition) is 1. The zero-order valence-electron chi connectivity index (χ0n) is 12.9. The van der Waals surface area contributed by atoms with E-state index in [0.717, 1.165) is 12.1 Å². The van der Waals surface area contributed by atoms with Gasteiger partial charge >= 0.3 is 6.18 Å². The lowest BCUT2D eigenvalue weighted by Gasteiger charge is -2.05. The van der Waals surface area contributed by atoms with Gasteiger partial charge in [0.2, 0.25) is 0 Å². The summed E-state index contributed by atoms with van der Waals surface area (Å²) in [6.07, 6.45) is -4.52. The monoisotopic (exact) mass is 344 g/mol. The van der Waals surface area contributed by atoms with Crippen LogP contribution in [0.1, 0.15) is 11.1 Å². The number of alkyl halides is 3. The molecular weight excluding hydrogens is 333 g/mol. The summed E-state index contributed by atoms with van der Waals surface area (Å²) in [7, 11) is 1.64. The predicted molar refractivity (Wildman–Crippen MR) is 84.3 cm³/mol. The zero-order valence-corrected chi connectivity index (χ0v) is 12.9. The Hall–Kier alpha value is -3.09. The first kappa shape index (κ1) is 15.4. The molecule has 0 fully saturated rings. The first-order valence-corrected chi connectivity index (χ1v) is 7.40. The lowest BCUT2D eigenvalue weighted by molar-refractivity contribution is -0.137. The summed E-state index contributed by atoms with van der Waals surface area (Å²) in [5.41, 5.74) is 0.227. The molecule has 1 aromatic heterocycles. The SMILES string of the molecule is Cn1c(O)c(C2=c3ccc(C(F)(F)F)cc3=NC2=O)c2ccccc21. The van der Waals surface area contributed by atoms with Crippen LogP contribution in [0.25, 0.3) is 16.5 Å². The summed E-state index contributed by atoms with van der Waals surface area (Å²) in [5.74, 6) is -0.798. The number of rotatable bonds is 1. The molecule has 7 heteroatoms. The second-order valence-electron chi connectivity index (χ2n) is 5.80. The lowest BCUT2D eigenvalue weighted by atomic mass is 10.0. The molecule has 0 aliphatic carbocycles. The molecule has 2 aromatic carbocycles. The second-order valence-corrected chi connectivity index (χ2v) is 5.80. The number of amides is 1. The standard InChI is InChI=1S/C18H11F3N2O2/c1-23-13-5-3-2-4-11(13)15(17(23)25)14-10-7-6-9(18(19,20)21)8-12(10)22-16(14)24/h2-8,25H,1H3. The molecule has 25 heavy (non-hydrogen) atoms. The Bertz CT molecular complexity index is 1170. The molecule has 4 rings (SSSR count). The molecule has 3 aromatic rings. The van der Waals surface area contributed by atoms with Gasteiger partial charge in [-0.05, 0) is 18.2 Å². The Balaban J connectivity index is 2.09. The third-order valence-corrected chi connectivity index (χ3v) is 4.36. The van der Waals surface area contributed by atoms with Crippen LogP contribution in [0.2, 0.25) is 0 Å². The maximum Gasteiger partial charge on any atom is 0.416 e. The van der Waals surface area contributed by atoms with Crippen LogP contribution in [0.4, 0.5) is 13.2 Å². The molecule has 0 unspecified atom stereocenters. The molecule has 0 saturated heterocycles. The van der Waals surface area contributed by atoms with Gasteiger partial charge in [-0.2, -0.15) is 13.2 Å². The van der Waals surface area contributed by atoms with E-state index in [1.165, 1.54) is 10.6 Å². The molecule has 4 nitrogen and oxygen atoms in total. The summed E-state index contributed by atoms with van der Waals surface area (Å²) in [6.45, 7) is 0. The molecule has 2 heterocycles. The van der Waals surface area contributed by atoms with Gasteiger partial charge in [-0.15, -0.1) is 0 Å². The summed E-state index contributed by atoms with van der Waals surface area (Å²) < 4.78 is 40.1. The van der Waals surface area contributed by atoms with Crippen LogP contribution in [0.3, 0.4) is 0 Å². The zero-order chi connectivity index (χ0) is 17.9. The van der Waals surface area contributed by atoms with Crippen LogP contribution < -0.4 is 10.6 Å². The van der Waals surface area contributed by atoms with E-state index >= 15 is 0 Å². The molecule has 0 saturated carbocycles. The highest BCUT2D eigenvalue weighted by Crippen LogP contribution is 2.35. The fourth-order valence-electron chi connectivity index (χ4n) is 3.16. The lowest BCUT2D eigenvalue weighted by Crippen LogP contribution is -2.25. The number of halogens is 3. The molecule has 1 aliphatic heterocycles. The Morgan fingerprint density at radius 2 is 1.84 bits per heavy atom. The van der Waals surface area contributed by atoms with E-state index in [9.17, 15) is 23.1 Å². The van der Waals surface area contributed by atoms with Gasteiger partial charge in [-0.3, -0.25) is 4.79 Å². The van der Waals surface area contributed by atoms with Crippen LogP contribution in [-0.2, 0) is 18.0 Å². The number of aryl methyl sites for hydroxylation is 1. The number of aromatic hydroxyl groups is 1. The van der Waals surface area contributed by atoms with E-state index < -0.39 is 17.6 Å². The summed E-state index contributed by atoms with van der Waals surface area (Å²) >= 11 is 0. The van der Waals surface area contributed by atoms with E-state index in [1.54, 1.807) is 31.3 Å². The maximum absolute atomic E-state index is 12.9. The summed E-state index contributed by atoms with van der Waals surface area (Å²) in [4.78, 5) is 16.1. The number of para-hydroxylation sites is 1. The van der Waals surface area contributed by atoms with Crippen molar-refractivity contribution in [3.8, 4) is 5.88 Å². The largest absolute Gasteiger partial charge is 0.494 e. The number of aromatic nitrogens is 1. The van der Waals surface area contributed by atoms with Crippen LogP contribution in [0.5, 0.6) is 5.88 Å². The van der Waals surface area contributed by atoms with Gasteiger partial charge in [0.25, 0.3) is 5.91 Å². The summed E-state index contributed by atoms with van der Waals surface area (Å²) in [6, 6.07) is 10.1. The molecule has 1 amide bonds. The van der Waals surface area contributed by atoms with E-state index in [0.29, 0.717) is 10.9 Å². The second kappa shape index (κ2) is 4.95. The Morgan fingerprint density at radius 1 is 1.12 bits per heavy atom. The van der Waals surface area contributed by atoms with E-state index in [2.05, 4.69) is 4.99 Å². The summed E-state index contributed by atoms with van der Waals surface area (Å²) in [5, 5.41) is 11.4. The number of nitrogens with zero attached hydrogens (tertiary/aromatic N) is 2. The van der Waals surface area contributed by atoms with Crippen molar-refractivity contribution in [3.05, 3.63) is 64.2 Å². The molecule has 1 aliphatic rings. The number of benzene rings is 2. The Morgan fingerprint density at radius 3 is 2.56 bits per heavy atom. The molecule has 0 radical (unpaired) electrons. The fourth-order valence-corrected chi connectivity index (χ4v) is 3.16. The smallest absolute Gasteiger partial charge is 0.416 e. The van der Waals surface area contributed by atoms with Gasteiger partial charge in [0, 0.05) is 17.7 Å². The van der Waals surface area contributed by atoms with Crippen LogP contribution in [0.15, 0.2) is 47.5 Å². The highest BCUT2D eigenvalue weighted by atomic mass is 19.4. The van der Waals surface area contributed by atoms with E-state index in [4.69, 9.17) is 0 Å². The third-order valence-electron chi connectivity index (χ3n) is 4.36. The van der Waals surface area contributed by atoms with Crippen LogP contribution >= 0.6 is 0 Å². The predicted octanol–water partition coefficient (Wildman–Crippen LogP) is 2.26. The molecular formula is C18H11F3N2O2. The van der Waals surface area contributed by atoms with E-state index in [1.807, 2.05) is 0 Å². The van der Waals surface area contributed by atoms with Crippen molar-refractivity contribution in [1.29, 1.82) is 0 Å².